The number of pyridine rings is 1. The second kappa shape index (κ2) is 11.4. The van der Waals surface area contributed by atoms with Crippen molar-refractivity contribution in [2.75, 3.05) is 13.2 Å². The van der Waals surface area contributed by atoms with Gasteiger partial charge in [-0.1, -0.05) is 29.3 Å². The molecule has 9 heteroatoms. The molecule has 0 saturated carbocycles. The fourth-order valence-corrected chi connectivity index (χ4v) is 3.24. The zero-order valence-corrected chi connectivity index (χ0v) is 18.5. The van der Waals surface area contributed by atoms with Crippen molar-refractivity contribution < 1.29 is 14.6 Å². The first-order valence-corrected chi connectivity index (χ1v) is 9.31. The van der Waals surface area contributed by atoms with E-state index in [1.54, 1.807) is 24.4 Å². The molecule has 28 heavy (non-hydrogen) atoms. The molecule has 0 bridgehead atoms. The molecule has 2 aromatic rings. The highest BCUT2D eigenvalue weighted by Gasteiger charge is 2.22. The lowest BCUT2D eigenvalue weighted by Crippen LogP contribution is -2.26. The van der Waals surface area contributed by atoms with Crippen molar-refractivity contribution in [2.45, 2.75) is 38.0 Å². The number of benzene rings is 1. The first-order valence-electron chi connectivity index (χ1n) is 8.55. The maximum Gasteiger partial charge on any atom is 0.216 e. The molecule has 5 nitrogen and oxygen atoms in total. The first kappa shape index (κ1) is 25.2. The maximum atomic E-state index is 10.6. The predicted molar refractivity (Wildman–Crippen MR) is 116 cm³/mol. The van der Waals surface area contributed by atoms with Gasteiger partial charge in [0.1, 0.15) is 6.10 Å². The average molecular weight is 470 g/mol. The summed E-state index contributed by atoms with van der Waals surface area (Å²) in [6.07, 6.45) is 2.50. The van der Waals surface area contributed by atoms with E-state index in [1.165, 1.54) is 0 Å². The van der Waals surface area contributed by atoms with E-state index in [9.17, 15) is 5.11 Å². The van der Waals surface area contributed by atoms with E-state index in [4.69, 9.17) is 38.4 Å². The Bertz CT molecular complexity index is 773. The Kier molecular flexibility index (Phi) is 10.3. The van der Waals surface area contributed by atoms with Crippen LogP contribution >= 0.6 is 48.0 Å². The molecule has 0 spiro atoms. The van der Waals surface area contributed by atoms with Crippen molar-refractivity contribution >= 4 is 48.0 Å². The van der Waals surface area contributed by atoms with Crippen LogP contribution < -0.4 is 10.5 Å². The Morgan fingerprint density at radius 3 is 2.43 bits per heavy atom. The molecule has 156 valence electrons. The summed E-state index contributed by atoms with van der Waals surface area (Å²) in [5.41, 5.74) is 8.38. The minimum Gasteiger partial charge on any atom is -0.474 e. The fourth-order valence-electron chi connectivity index (χ4n) is 2.93. The summed E-state index contributed by atoms with van der Waals surface area (Å²) < 4.78 is 11.3. The van der Waals surface area contributed by atoms with Crippen LogP contribution in [0.4, 0.5) is 0 Å². The van der Waals surface area contributed by atoms with Crippen molar-refractivity contribution in [1.82, 2.24) is 4.98 Å². The topological polar surface area (TPSA) is 77.6 Å². The van der Waals surface area contributed by atoms with Gasteiger partial charge in [-0.15, -0.1) is 24.8 Å². The molecule has 1 fully saturated rings. The van der Waals surface area contributed by atoms with Crippen molar-refractivity contribution in [3.05, 3.63) is 57.2 Å². The van der Waals surface area contributed by atoms with Crippen LogP contribution in [-0.4, -0.2) is 29.4 Å². The number of ether oxygens (including phenoxy) is 2. The Morgan fingerprint density at radius 2 is 1.82 bits per heavy atom. The number of halogens is 4. The predicted octanol–water partition coefficient (Wildman–Crippen LogP) is 4.83. The molecular weight excluding hydrogens is 446 g/mol. The van der Waals surface area contributed by atoms with Gasteiger partial charge >= 0.3 is 0 Å². The van der Waals surface area contributed by atoms with Gasteiger partial charge in [-0.25, -0.2) is 4.98 Å². The van der Waals surface area contributed by atoms with Gasteiger partial charge in [0.2, 0.25) is 5.88 Å². The highest BCUT2D eigenvalue weighted by atomic mass is 35.5. The molecule has 2 heterocycles. The second-order valence-electron chi connectivity index (χ2n) is 6.46. The van der Waals surface area contributed by atoms with Crippen LogP contribution in [0, 0.1) is 6.92 Å². The van der Waals surface area contributed by atoms with Gasteiger partial charge in [0, 0.05) is 30.2 Å². The van der Waals surface area contributed by atoms with E-state index in [0.717, 1.165) is 18.4 Å². The highest BCUT2D eigenvalue weighted by molar-refractivity contribution is 6.42. The smallest absolute Gasteiger partial charge is 0.216 e. The Labute approximate surface area is 187 Å². The average Bonchev–Trinajstić information content (AvgIpc) is 2.65. The van der Waals surface area contributed by atoms with Gasteiger partial charge in [0.05, 0.1) is 35.4 Å². The number of rotatable bonds is 5. The molecule has 2 atom stereocenters. The molecule has 1 aromatic heterocycles. The molecule has 0 radical (unpaired) electrons. The standard InChI is InChI=1S/C19H22Cl2N2O3.2ClH/c1-11-8-13(10-23-19(11)26-14-4-6-25-7-5-14)18(24)17(22)12-2-3-15(20)16(21)9-12;;/h2-3,8-10,14,17-18,24H,4-7,22H2,1H3;2*1H/t17-,18+;;/m0../s1. The summed E-state index contributed by atoms with van der Waals surface area (Å²) in [6.45, 7) is 3.32. The molecule has 1 saturated heterocycles. The van der Waals surface area contributed by atoms with Crippen molar-refractivity contribution in [1.29, 1.82) is 0 Å². The lowest BCUT2D eigenvalue weighted by Gasteiger charge is -2.24. The number of nitrogens with zero attached hydrogens (tertiary/aromatic N) is 1. The summed E-state index contributed by atoms with van der Waals surface area (Å²) in [5.74, 6) is 0.580. The number of aryl methyl sites for hydroxylation is 1. The fraction of sp³-hybridized carbons (Fsp3) is 0.421. The third-order valence-electron chi connectivity index (χ3n) is 4.51. The van der Waals surface area contributed by atoms with E-state index in [1.807, 2.05) is 13.0 Å². The maximum absolute atomic E-state index is 10.6. The molecule has 3 N–H and O–H groups in total. The largest absolute Gasteiger partial charge is 0.474 e. The summed E-state index contributed by atoms with van der Waals surface area (Å²) >= 11 is 12.0. The summed E-state index contributed by atoms with van der Waals surface area (Å²) in [4.78, 5) is 4.38. The Morgan fingerprint density at radius 1 is 1.14 bits per heavy atom. The van der Waals surface area contributed by atoms with E-state index < -0.39 is 12.1 Å². The van der Waals surface area contributed by atoms with E-state index in [0.29, 0.717) is 40.3 Å². The van der Waals surface area contributed by atoms with Gasteiger partial charge in [-0.3, -0.25) is 0 Å². The number of hydrogen-bond acceptors (Lipinski definition) is 5. The number of hydrogen-bond donors (Lipinski definition) is 2. The molecule has 0 amide bonds. The number of aliphatic hydroxyl groups excluding tert-OH is 1. The van der Waals surface area contributed by atoms with E-state index >= 15 is 0 Å². The van der Waals surface area contributed by atoms with Crippen LogP contribution in [0.2, 0.25) is 10.0 Å². The van der Waals surface area contributed by atoms with Crippen LogP contribution in [0.15, 0.2) is 30.5 Å². The van der Waals surface area contributed by atoms with Gasteiger partial charge in [0.15, 0.2) is 0 Å². The summed E-state index contributed by atoms with van der Waals surface area (Å²) in [6, 6.07) is 6.29. The molecule has 3 rings (SSSR count). The minimum atomic E-state index is -0.921. The summed E-state index contributed by atoms with van der Waals surface area (Å²) in [5, 5.41) is 11.5. The third-order valence-corrected chi connectivity index (χ3v) is 5.25. The first-order chi connectivity index (χ1) is 12.5. The zero-order chi connectivity index (χ0) is 18.7. The Balaban J connectivity index is 0.00000196. The normalized spacial score (nSPS) is 16.5. The van der Waals surface area contributed by atoms with Gasteiger partial charge < -0.3 is 20.3 Å². The Hall–Kier alpha value is -0.790. The third kappa shape index (κ3) is 6.10. The molecule has 1 aliphatic heterocycles. The van der Waals surface area contributed by atoms with Gasteiger partial charge in [0.25, 0.3) is 0 Å². The number of nitrogens with two attached hydrogens (primary N) is 1. The van der Waals surface area contributed by atoms with Crippen LogP contribution in [0.3, 0.4) is 0 Å². The van der Waals surface area contributed by atoms with Crippen molar-refractivity contribution in [2.24, 2.45) is 5.73 Å². The van der Waals surface area contributed by atoms with E-state index in [2.05, 4.69) is 4.98 Å². The monoisotopic (exact) mass is 468 g/mol. The quantitative estimate of drug-likeness (QED) is 0.655. The molecule has 1 aliphatic rings. The second-order valence-corrected chi connectivity index (χ2v) is 7.28. The number of aliphatic hydroxyl groups is 1. The summed E-state index contributed by atoms with van der Waals surface area (Å²) in [7, 11) is 0. The molecule has 0 aliphatic carbocycles. The van der Waals surface area contributed by atoms with Crippen LogP contribution in [0.25, 0.3) is 0 Å². The van der Waals surface area contributed by atoms with Crippen LogP contribution in [-0.2, 0) is 4.74 Å². The van der Waals surface area contributed by atoms with Crippen LogP contribution in [0.5, 0.6) is 5.88 Å². The lowest BCUT2D eigenvalue weighted by molar-refractivity contribution is 0.0234. The zero-order valence-electron chi connectivity index (χ0n) is 15.3. The minimum absolute atomic E-state index is 0. The van der Waals surface area contributed by atoms with Gasteiger partial charge in [-0.2, -0.15) is 0 Å². The highest BCUT2D eigenvalue weighted by Crippen LogP contribution is 2.32. The molecule has 1 aromatic carbocycles. The molecular formula is C19H24Cl4N2O3. The van der Waals surface area contributed by atoms with Crippen molar-refractivity contribution in [3.8, 4) is 5.88 Å². The number of aromatic nitrogens is 1. The van der Waals surface area contributed by atoms with E-state index in [-0.39, 0.29) is 30.9 Å². The van der Waals surface area contributed by atoms with Crippen molar-refractivity contribution in [3.63, 3.8) is 0 Å². The molecule has 0 unspecified atom stereocenters. The van der Waals surface area contributed by atoms with Gasteiger partial charge in [-0.05, 0) is 30.7 Å². The SMILES string of the molecule is Cc1cc([C@@H](O)[C@@H](N)c2ccc(Cl)c(Cl)c2)cnc1OC1CCOCC1.Cl.Cl. The lowest BCUT2D eigenvalue weighted by atomic mass is 9.97. The van der Waals surface area contributed by atoms with Crippen LogP contribution in [0.1, 0.15) is 41.7 Å².